The van der Waals surface area contributed by atoms with E-state index in [4.69, 9.17) is 22.2 Å². The highest BCUT2D eigenvalue weighted by Crippen LogP contribution is 2.37. The highest BCUT2D eigenvalue weighted by Gasteiger charge is 2.23. The van der Waals surface area contributed by atoms with Crippen molar-refractivity contribution >= 4 is 27.5 Å². The zero-order valence-corrected chi connectivity index (χ0v) is 13.0. The maximum absolute atomic E-state index is 6.13. The van der Waals surface area contributed by atoms with E-state index in [9.17, 15) is 0 Å². The van der Waals surface area contributed by atoms with Crippen LogP contribution in [0.1, 0.15) is 22.7 Å². The molecule has 0 saturated carbocycles. The second-order valence-corrected chi connectivity index (χ2v) is 6.09. The Morgan fingerprint density at radius 1 is 1.30 bits per heavy atom. The number of benzene rings is 2. The van der Waals surface area contributed by atoms with Crippen molar-refractivity contribution in [1.29, 1.82) is 0 Å². The Labute approximate surface area is 131 Å². The van der Waals surface area contributed by atoms with Gasteiger partial charge in [-0.15, -0.1) is 0 Å². The SMILES string of the molecule is NNC(c1cc(Cl)cc(Br)c1)c1cccc2c1OCC2. The lowest BCUT2D eigenvalue weighted by atomic mass is 9.96. The van der Waals surface area contributed by atoms with Crippen molar-refractivity contribution < 1.29 is 4.74 Å². The molecule has 0 saturated heterocycles. The van der Waals surface area contributed by atoms with Crippen LogP contribution in [0, 0.1) is 0 Å². The molecule has 1 aliphatic heterocycles. The molecule has 0 aromatic heterocycles. The maximum atomic E-state index is 6.13. The van der Waals surface area contributed by atoms with Crippen LogP contribution in [0.4, 0.5) is 0 Å². The van der Waals surface area contributed by atoms with Gasteiger partial charge >= 0.3 is 0 Å². The smallest absolute Gasteiger partial charge is 0.127 e. The predicted molar refractivity (Wildman–Crippen MR) is 84.0 cm³/mol. The van der Waals surface area contributed by atoms with E-state index < -0.39 is 0 Å². The van der Waals surface area contributed by atoms with Crippen LogP contribution in [-0.2, 0) is 6.42 Å². The molecule has 20 heavy (non-hydrogen) atoms. The fourth-order valence-corrected chi connectivity index (χ4v) is 3.46. The van der Waals surface area contributed by atoms with E-state index in [1.54, 1.807) is 0 Å². The molecule has 3 N–H and O–H groups in total. The first kappa shape index (κ1) is 13.9. The highest BCUT2D eigenvalue weighted by atomic mass is 79.9. The van der Waals surface area contributed by atoms with Crippen LogP contribution in [0.25, 0.3) is 0 Å². The van der Waals surface area contributed by atoms with Crippen molar-refractivity contribution in [2.75, 3.05) is 6.61 Å². The van der Waals surface area contributed by atoms with Gasteiger partial charge in [-0.25, -0.2) is 5.43 Å². The molecule has 0 fully saturated rings. The van der Waals surface area contributed by atoms with Gasteiger partial charge in [0.25, 0.3) is 0 Å². The van der Waals surface area contributed by atoms with Gasteiger partial charge in [-0.05, 0) is 29.3 Å². The zero-order valence-electron chi connectivity index (χ0n) is 10.7. The van der Waals surface area contributed by atoms with Gasteiger partial charge in [0.05, 0.1) is 12.6 Å². The molecular formula is C15H14BrClN2O. The van der Waals surface area contributed by atoms with Gasteiger partial charge in [0.2, 0.25) is 0 Å². The van der Waals surface area contributed by atoms with Gasteiger partial charge in [-0.2, -0.15) is 0 Å². The summed E-state index contributed by atoms with van der Waals surface area (Å²) in [5, 5.41) is 0.670. The number of halogens is 2. The van der Waals surface area contributed by atoms with Gasteiger partial charge in [0.15, 0.2) is 0 Å². The topological polar surface area (TPSA) is 47.3 Å². The molecule has 2 aromatic carbocycles. The van der Waals surface area contributed by atoms with Gasteiger partial charge in [-0.1, -0.05) is 45.7 Å². The van der Waals surface area contributed by atoms with Crippen LogP contribution in [0.2, 0.25) is 5.02 Å². The Morgan fingerprint density at radius 3 is 2.90 bits per heavy atom. The molecule has 5 heteroatoms. The van der Waals surface area contributed by atoms with Crippen LogP contribution in [0.15, 0.2) is 40.9 Å². The van der Waals surface area contributed by atoms with E-state index in [1.165, 1.54) is 5.56 Å². The van der Waals surface area contributed by atoms with Crippen molar-refractivity contribution in [3.05, 3.63) is 62.6 Å². The average Bonchev–Trinajstić information content (AvgIpc) is 2.87. The summed E-state index contributed by atoms with van der Waals surface area (Å²) in [5.41, 5.74) is 6.12. The number of para-hydroxylation sites is 1. The van der Waals surface area contributed by atoms with E-state index in [-0.39, 0.29) is 6.04 Å². The second-order valence-electron chi connectivity index (χ2n) is 4.74. The number of hydrogen-bond acceptors (Lipinski definition) is 3. The van der Waals surface area contributed by atoms with E-state index in [1.807, 2.05) is 30.3 Å². The van der Waals surface area contributed by atoms with Gasteiger partial charge < -0.3 is 4.74 Å². The standard InChI is InChI=1S/C15H14BrClN2O/c16-11-6-10(7-12(17)8-11)14(19-18)13-3-1-2-9-4-5-20-15(9)13/h1-3,6-8,14,19H,4-5,18H2. The fourth-order valence-electron chi connectivity index (χ4n) is 2.58. The minimum absolute atomic E-state index is 0.155. The number of nitrogens with one attached hydrogen (secondary N) is 1. The molecule has 1 aliphatic rings. The lowest BCUT2D eigenvalue weighted by Crippen LogP contribution is -2.29. The summed E-state index contributed by atoms with van der Waals surface area (Å²) in [6.45, 7) is 0.725. The molecule has 0 bridgehead atoms. The normalized spacial score (nSPS) is 14.8. The zero-order chi connectivity index (χ0) is 14.1. The molecule has 2 aromatic rings. The van der Waals surface area contributed by atoms with Gasteiger partial charge in [0.1, 0.15) is 5.75 Å². The van der Waals surface area contributed by atoms with E-state index in [2.05, 4.69) is 27.4 Å². The lowest BCUT2D eigenvalue weighted by Gasteiger charge is -2.20. The molecule has 104 valence electrons. The molecule has 3 nitrogen and oxygen atoms in total. The minimum atomic E-state index is -0.155. The third-order valence-electron chi connectivity index (χ3n) is 3.44. The first-order valence-electron chi connectivity index (χ1n) is 6.36. The monoisotopic (exact) mass is 352 g/mol. The Balaban J connectivity index is 2.08. The molecular weight excluding hydrogens is 340 g/mol. The predicted octanol–water partition coefficient (Wildman–Crippen LogP) is 3.59. The summed E-state index contributed by atoms with van der Waals surface area (Å²) in [7, 11) is 0. The Hall–Kier alpha value is -1.07. The summed E-state index contributed by atoms with van der Waals surface area (Å²) in [4.78, 5) is 0. The van der Waals surface area contributed by atoms with Gasteiger partial charge in [0, 0.05) is 21.5 Å². The average molecular weight is 354 g/mol. The summed E-state index contributed by atoms with van der Waals surface area (Å²) < 4.78 is 6.68. The quantitative estimate of drug-likeness (QED) is 0.655. The summed E-state index contributed by atoms with van der Waals surface area (Å²) in [6.07, 6.45) is 0.944. The van der Waals surface area contributed by atoms with E-state index >= 15 is 0 Å². The molecule has 0 radical (unpaired) electrons. The van der Waals surface area contributed by atoms with Crippen LogP contribution in [-0.4, -0.2) is 6.61 Å². The Morgan fingerprint density at radius 2 is 2.15 bits per heavy atom. The number of fused-ring (bicyclic) bond motifs is 1. The number of nitrogens with two attached hydrogens (primary N) is 1. The Kier molecular flexibility index (Phi) is 3.98. The molecule has 1 unspecified atom stereocenters. The number of hydrazine groups is 1. The summed E-state index contributed by atoms with van der Waals surface area (Å²) in [5.74, 6) is 6.70. The molecule has 3 rings (SSSR count). The highest BCUT2D eigenvalue weighted by molar-refractivity contribution is 9.10. The van der Waals surface area contributed by atoms with Crippen molar-refractivity contribution in [2.45, 2.75) is 12.5 Å². The number of rotatable bonds is 3. The minimum Gasteiger partial charge on any atom is -0.493 e. The first-order chi connectivity index (χ1) is 9.69. The van der Waals surface area contributed by atoms with Crippen LogP contribution >= 0.6 is 27.5 Å². The molecule has 1 heterocycles. The van der Waals surface area contributed by atoms with Gasteiger partial charge in [-0.3, -0.25) is 5.84 Å². The lowest BCUT2D eigenvalue weighted by molar-refractivity contribution is 0.350. The largest absolute Gasteiger partial charge is 0.493 e. The third kappa shape index (κ3) is 2.56. The summed E-state index contributed by atoms with van der Waals surface area (Å²) >= 11 is 9.59. The molecule has 0 spiro atoms. The van der Waals surface area contributed by atoms with E-state index in [0.717, 1.165) is 34.4 Å². The van der Waals surface area contributed by atoms with Crippen LogP contribution in [0.5, 0.6) is 5.75 Å². The fraction of sp³-hybridized carbons (Fsp3) is 0.200. The van der Waals surface area contributed by atoms with Crippen LogP contribution in [0.3, 0.4) is 0 Å². The van der Waals surface area contributed by atoms with Crippen molar-refractivity contribution in [2.24, 2.45) is 5.84 Å². The maximum Gasteiger partial charge on any atom is 0.127 e. The summed E-state index contributed by atoms with van der Waals surface area (Å²) in [6, 6.07) is 11.8. The Bertz CT molecular complexity index is 628. The second kappa shape index (κ2) is 5.74. The van der Waals surface area contributed by atoms with Crippen molar-refractivity contribution in [1.82, 2.24) is 5.43 Å². The molecule has 1 atom stereocenters. The number of ether oxygens (including phenoxy) is 1. The van der Waals surface area contributed by atoms with Crippen molar-refractivity contribution in [3.63, 3.8) is 0 Å². The first-order valence-corrected chi connectivity index (χ1v) is 7.53. The number of hydrogen-bond donors (Lipinski definition) is 2. The third-order valence-corrected chi connectivity index (χ3v) is 4.12. The van der Waals surface area contributed by atoms with E-state index in [0.29, 0.717) is 5.02 Å². The van der Waals surface area contributed by atoms with Crippen LogP contribution < -0.4 is 16.0 Å². The van der Waals surface area contributed by atoms with Crippen molar-refractivity contribution in [3.8, 4) is 5.75 Å². The molecule has 0 aliphatic carbocycles. The molecule has 0 amide bonds.